The number of aromatic nitrogens is 2. The van der Waals surface area contributed by atoms with E-state index in [0.29, 0.717) is 29.6 Å². The molecule has 0 fully saturated rings. The highest BCUT2D eigenvalue weighted by atomic mass is 32.2. The first-order valence-corrected chi connectivity index (χ1v) is 8.02. The standard InChI is InChI=1S/C13H17N3O3S/c1-3-8-20(17,18)12-6-4-11(5-7-12)14-9-13-15-10(2)19-16-13/h4-7,14H,3,8-9H2,1-2H3. The van der Waals surface area contributed by atoms with E-state index >= 15 is 0 Å². The van der Waals surface area contributed by atoms with Gasteiger partial charge in [0.05, 0.1) is 17.2 Å². The third kappa shape index (κ3) is 3.57. The maximum Gasteiger partial charge on any atom is 0.223 e. The molecule has 1 aromatic carbocycles. The molecule has 0 aliphatic heterocycles. The van der Waals surface area contributed by atoms with Gasteiger partial charge in [-0.05, 0) is 30.7 Å². The van der Waals surface area contributed by atoms with Crippen LogP contribution in [0.5, 0.6) is 0 Å². The Morgan fingerprint density at radius 3 is 2.50 bits per heavy atom. The van der Waals surface area contributed by atoms with E-state index in [1.54, 1.807) is 31.2 Å². The molecular weight excluding hydrogens is 278 g/mol. The fourth-order valence-corrected chi connectivity index (χ4v) is 3.08. The van der Waals surface area contributed by atoms with Crippen LogP contribution in [0.25, 0.3) is 0 Å². The number of nitrogens with one attached hydrogen (secondary N) is 1. The normalized spacial score (nSPS) is 11.5. The third-order valence-electron chi connectivity index (χ3n) is 2.71. The van der Waals surface area contributed by atoms with Crippen molar-refractivity contribution < 1.29 is 12.9 Å². The summed E-state index contributed by atoms with van der Waals surface area (Å²) in [6, 6.07) is 6.68. The number of hydrogen-bond acceptors (Lipinski definition) is 6. The maximum absolute atomic E-state index is 11.9. The molecule has 20 heavy (non-hydrogen) atoms. The van der Waals surface area contributed by atoms with Crippen molar-refractivity contribution in [2.45, 2.75) is 31.7 Å². The molecule has 108 valence electrons. The molecule has 0 radical (unpaired) electrons. The second-order valence-corrected chi connectivity index (χ2v) is 6.54. The molecule has 1 heterocycles. The number of aryl methyl sites for hydroxylation is 1. The topological polar surface area (TPSA) is 85.1 Å². The summed E-state index contributed by atoms with van der Waals surface area (Å²) >= 11 is 0. The summed E-state index contributed by atoms with van der Waals surface area (Å²) in [5.74, 6) is 1.25. The van der Waals surface area contributed by atoms with Gasteiger partial charge >= 0.3 is 0 Å². The van der Waals surface area contributed by atoms with Crippen molar-refractivity contribution in [1.82, 2.24) is 10.1 Å². The summed E-state index contributed by atoms with van der Waals surface area (Å²) in [5, 5.41) is 6.87. The van der Waals surface area contributed by atoms with Crippen LogP contribution in [0.4, 0.5) is 5.69 Å². The highest BCUT2D eigenvalue weighted by Gasteiger charge is 2.12. The fraction of sp³-hybridized carbons (Fsp3) is 0.385. The minimum atomic E-state index is -3.16. The van der Waals surface area contributed by atoms with Crippen LogP contribution in [-0.4, -0.2) is 24.3 Å². The first-order valence-electron chi connectivity index (χ1n) is 6.37. The van der Waals surface area contributed by atoms with E-state index in [4.69, 9.17) is 4.52 Å². The van der Waals surface area contributed by atoms with E-state index in [2.05, 4.69) is 15.5 Å². The lowest BCUT2D eigenvalue weighted by atomic mass is 10.3. The summed E-state index contributed by atoms with van der Waals surface area (Å²) in [6.07, 6.45) is 0.611. The van der Waals surface area contributed by atoms with Crippen LogP contribution < -0.4 is 5.32 Å². The van der Waals surface area contributed by atoms with Crippen LogP contribution in [0.1, 0.15) is 25.1 Å². The van der Waals surface area contributed by atoms with Gasteiger partial charge in [-0.3, -0.25) is 0 Å². The minimum Gasteiger partial charge on any atom is -0.378 e. The van der Waals surface area contributed by atoms with Crippen LogP contribution in [0.15, 0.2) is 33.7 Å². The number of sulfone groups is 1. The molecule has 0 saturated carbocycles. The highest BCUT2D eigenvalue weighted by Crippen LogP contribution is 2.16. The number of nitrogens with zero attached hydrogens (tertiary/aromatic N) is 2. The van der Waals surface area contributed by atoms with Crippen molar-refractivity contribution in [3.8, 4) is 0 Å². The molecule has 6 nitrogen and oxygen atoms in total. The zero-order chi connectivity index (χ0) is 14.6. The molecule has 0 aliphatic rings. The van der Waals surface area contributed by atoms with Gasteiger partial charge < -0.3 is 9.84 Å². The summed E-state index contributed by atoms with van der Waals surface area (Å²) in [6.45, 7) is 4.00. The molecule has 0 unspecified atom stereocenters. The van der Waals surface area contributed by atoms with E-state index in [1.165, 1.54) is 0 Å². The lowest BCUT2D eigenvalue weighted by Crippen LogP contribution is -2.06. The Morgan fingerprint density at radius 2 is 1.95 bits per heavy atom. The number of benzene rings is 1. The van der Waals surface area contributed by atoms with E-state index in [1.807, 2.05) is 6.92 Å². The largest absolute Gasteiger partial charge is 0.378 e. The van der Waals surface area contributed by atoms with Gasteiger partial charge in [-0.15, -0.1) is 0 Å². The predicted molar refractivity (Wildman–Crippen MR) is 75.1 cm³/mol. The lowest BCUT2D eigenvalue weighted by Gasteiger charge is -2.06. The van der Waals surface area contributed by atoms with Gasteiger partial charge in [0.2, 0.25) is 5.89 Å². The van der Waals surface area contributed by atoms with Crippen molar-refractivity contribution in [2.75, 3.05) is 11.1 Å². The van der Waals surface area contributed by atoms with Crippen molar-refractivity contribution in [3.63, 3.8) is 0 Å². The van der Waals surface area contributed by atoms with E-state index < -0.39 is 9.84 Å². The third-order valence-corrected chi connectivity index (χ3v) is 4.64. The molecular formula is C13H17N3O3S. The summed E-state index contributed by atoms with van der Waals surface area (Å²) in [7, 11) is -3.16. The quantitative estimate of drug-likeness (QED) is 0.879. The molecule has 0 bridgehead atoms. The van der Waals surface area contributed by atoms with Gasteiger partial charge in [0.25, 0.3) is 0 Å². The van der Waals surface area contributed by atoms with Crippen molar-refractivity contribution in [2.24, 2.45) is 0 Å². The van der Waals surface area contributed by atoms with Crippen molar-refractivity contribution in [3.05, 3.63) is 36.0 Å². The van der Waals surface area contributed by atoms with Gasteiger partial charge in [0.1, 0.15) is 0 Å². The van der Waals surface area contributed by atoms with E-state index in [-0.39, 0.29) is 5.75 Å². The number of hydrogen-bond donors (Lipinski definition) is 1. The molecule has 0 amide bonds. The molecule has 0 saturated heterocycles. The second kappa shape index (κ2) is 6.04. The van der Waals surface area contributed by atoms with Gasteiger partial charge in [-0.25, -0.2) is 8.42 Å². The van der Waals surface area contributed by atoms with Gasteiger partial charge in [-0.1, -0.05) is 12.1 Å². The van der Waals surface area contributed by atoms with Gasteiger partial charge in [0, 0.05) is 12.6 Å². The van der Waals surface area contributed by atoms with E-state index in [0.717, 1.165) is 5.69 Å². The fourth-order valence-electron chi connectivity index (χ4n) is 1.76. The van der Waals surface area contributed by atoms with E-state index in [9.17, 15) is 8.42 Å². The molecule has 1 aromatic heterocycles. The van der Waals surface area contributed by atoms with Gasteiger partial charge in [-0.2, -0.15) is 4.98 Å². The first kappa shape index (κ1) is 14.5. The average Bonchev–Trinajstić information content (AvgIpc) is 2.83. The first-order chi connectivity index (χ1) is 9.51. The van der Waals surface area contributed by atoms with Crippen LogP contribution in [0, 0.1) is 6.92 Å². The molecule has 2 aromatic rings. The molecule has 7 heteroatoms. The monoisotopic (exact) mass is 295 g/mol. The summed E-state index contributed by atoms with van der Waals surface area (Å²) in [5.41, 5.74) is 0.808. The van der Waals surface area contributed by atoms with Crippen LogP contribution in [-0.2, 0) is 16.4 Å². The van der Waals surface area contributed by atoms with Crippen molar-refractivity contribution >= 4 is 15.5 Å². The molecule has 0 aliphatic carbocycles. The van der Waals surface area contributed by atoms with Crippen LogP contribution in [0.3, 0.4) is 0 Å². The Balaban J connectivity index is 2.01. The maximum atomic E-state index is 11.9. The Bertz CT molecular complexity index is 662. The number of anilines is 1. The highest BCUT2D eigenvalue weighted by molar-refractivity contribution is 7.91. The zero-order valence-corrected chi connectivity index (χ0v) is 12.3. The second-order valence-electron chi connectivity index (χ2n) is 4.43. The number of rotatable bonds is 6. The average molecular weight is 295 g/mol. The molecule has 1 N–H and O–H groups in total. The SMILES string of the molecule is CCCS(=O)(=O)c1ccc(NCc2noc(C)n2)cc1. The summed E-state index contributed by atoms with van der Waals surface area (Å²) < 4.78 is 28.6. The molecule has 2 rings (SSSR count). The Hall–Kier alpha value is -1.89. The van der Waals surface area contributed by atoms with Crippen molar-refractivity contribution in [1.29, 1.82) is 0 Å². The molecule has 0 spiro atoms. The zero-order valence-electron chi connectivity index (χ0n) is 11.5. The van der Waals surface area contributed by atoms with Crippen LogP contribution in [0.2, 0.25) is 0 Å². The smallest absolute Gasteiger partial charge is 0.223 e. The molecule has 0 atom stereocenters. The Labute approximate surface area is 118 Å². The Morgan fingerprint density at radius 1 is 1.25 bits per heavy atom. The lowest BCUT2D eigenvalue weighted by molar-refractivity contribution is 0.388. The minimum absolute atomic E-state index is 0.169. The van der Waals surface area contributed by atoms with Crippen LogP contribution >= 0.6 is 0 Å². The Kier molecular flexibility index (Phi) is 4.39. The van der Waals surface area contributed by atoms with Gasteiger partial charge in [0.15, 0.2) is 15.7 Å². The summed E-state index contributed by atoms with van der Waals surface area (Å²) in [4.78, 5) is 4.42. The predicted octanol–water partition coefficient (Wildman–Crippen LogP) is 2.17.